The van der Waals surface area contributed by atoms with E-state index in [1.165, 1.54) is 23.2 Å². The Morgan fingerprint density at radius 1 is 1.43 bits per heavy atom. The molecule has 1 atom stereocenters. The lowest BCUT2D eigenvalue weighted by molar-refractivity contribution is -0.138. The molecule has 2 heterocycles. The van der Waals surface area contributed by atoms with Gasteiger partial charge in [-0.1, -0.05) is 0 Å². The summed E-state index contributed by atoms with van der Waals surface area (Å²) in [4.78, 5) is 28.4. The predicted molar refractivity (Wildman–Crippen MR) is 74.4 cm³/mol. The summed E-state index contributed by atoms with van der Waals surface area (Å²) in [6.07, 6.45) is 0.903. The van der Waals surface area contributed by atoms with E-state index < -0.39 is 34.2 Å². The van der Waals surface area contributed by atoms with Gasteiger partial charge in [0, 0.05) is 6.54 Å². The second-order valence-electron chi connectivity index (χ2n) is 4.84. The van der Waals surface area contributed by atoms with Gasteiger partial charge in [0.15, 0.2) is 9.84 Å². The molecule has 1 aromatic rings. The Morgan fingerprint density at radius 2 is 2.14 bits per heavy atom. The van der Waals surface area contributed by atoms with Crippen molar-refractivity contribution >= 4 is 27.4 Å². The number of sulfone groups is 1. The van der Waals surface area contributed by atoms with Crippen LogP contribution >= 0.6 is 0 Å². The number of nitrogen functional groups attached to an aromatic ring is 1. The predicted octanol–water partition coefficient (Wildman–Crippen LogP) is -0.622. The van der Waals surface area contributed by atoms with Gasteiger partial charge in [-0.25, -0.2) is 13.4 Å². The van der Waals surface area contributed by atoms with Gasteiger partial charge in [-0.15, -0.1) is 0 Å². The van der Waals surface area contributed by atoms with E-state index in [1.807, 2.05) is 0 Å². The van der Waals surface area contributed by atoms with E-state index in [1.54, 1.807) is 0 Å². The maximum Gasteiger partial charge on any atom is 0.305 e. The van der Waals surface area contributed by atoms with Crippen molar-refractivity contribution in [2.24, 2.45) is 0 Å². The third kappa shape index (κ3) is 3.69. The molecule has 0 aromatic carbocycles. The SMILES string of the molecule is Nc1ccc(C(=O)N2CCS(=O)(=O)CC2CC(=O)O)nc1. The highest BCUT2D eigenvalue weighted by molar-refractivity contribution is 7.91. The summed E-state index contributed by atoms with van der Waals surface area (Å²) in [7, 11) is -3.33. The zero-order valence-corrected chi connectivity index (χ0v) is 11.9. The van der Waals surface area contributed by atoms with Gasteiger partial charge in [-0.05, 0) is 12.1 Å². The number of carboxylic acid groups (broad SMARTS) is 1. The number of carboxylic acids is 1. The number of aliphatic carboxylic acids is 1. The van der Waals surface area contributed by atoms with Gasteiger partial charge in [0.1, 0.15) is 5.69 Å². The van der Waals surface area contributed by atoms with Crippen LogP contribution < -0.4 is 5.73 Å². The van der Waals surface area contributed by atoms with Crippen LogP contribution in [0.3, 0.4) is 0 Å². The van der Waals surface area contributed by atoms with Crippen LogP contribution in [0.4, 0.5) is 5.69 Å². The van der Waals surface area contributed by atoms with Crippen molar-refractivity contribution in [3.63, 3.8) is 0 Å². The molecule has 114 valence electrons. The highest BCUT2D eigenvalue weighted by Gasteiger charge is 2.36. The summed E-state index contributed by atoms with van der Waals surface area (Å²) < 4.78 is 23.3. The maximum atomic E-state index is 12.3. The first-order valence-electron chi connectivity index (χ1n) is 6.23. The lowest BCUT2D eigenvalue weighted by atomic mass is 10.1. The second-order valence-corrected chi connectivity index (χ2v) is 7.07. The molecule has 1 aliphatic rings. The Labute approximate surface area is 121 Å². The number of aromatic nitrogens is 1. The maximum absolute atomic E-state index is 12.3. The van der Waals surface area contributed by atoms with E-state index in [9.17, 15) is 18.0 Å². The van der Waals surface area contributed by atoms with Gasteiger partial charge in [-0.3, -0.25) is 9.59 Å². The van der Waals surface area contributed by atoms with Crippen molar-refractivity contribution in [2.75, 3.05) is 23.8 Å². The van der Waals surface area contributed by atoms with Crippen LogP contribution in [0.25, 0.3) is 0 Å². The molecular formula is C12H15N3O5S. The summed E-state index contributed by atoms with van der Waals surface area (Å²) in [5.74, 6) is -2.17. The summed E-state index contributed by atoms with van der Waals surface area (Å²) in [5, 5.41) is 8.88. The number of nitrogens with zero attached hydrogens (tertiary/aromatic N) is 2. The molecule has 1 aliphatic heterocycles. The van der Waals surface area contributed by atoms with E-state index in [4.69, 9.17) is 10.8 Å². The van der Waals surface area contributed by atoms with Crippen LogP contribution in [0.1, 0.15) is 16.9 Å². The normalized spacial score (nSPS) is 21.0. The minimum Gasteiger partial charge on any atom is -0.481 e. The largest absolute Gasteiger partial charge is 0.481 e. The summed E-state index contributed by atoms with van der Waals surface area (Å²) in [6.45, 7) is -0.0365. The number of carbonyl (C=O) groups is 2. The Hall–Kier alpha value is -2.16. The zero-order valence-electron chi connectivity index (χ0n) is 11.1. The van der Waals surface area contributed by atoms with Crippen LogP contribution in [0.2, 0.25) is 0 Å². The van der Waals surface area contributed by atoms with Crippen molar-refractivity contribution in [1.82, 2.24) is 9.88 Å². The number of pyridine rings is 1. The molecule has 8 nitrogen and oxygen atoms in total. The number of hydrogen-bond acceptors (Lipinski definition) is 6. The van der Waals surface area contributed by atoms with Crippen molar-refractivity contribution in [2.45, 2.75) is 12.5 Å². The van der Waals surface area contributed by atoms with Crippen LogP contribution in [0.5, 0.6) is 0 Å². The molecular weight excluding hydrogens is 298 g/mol. The minimum atomic E-state index is -3.33. The van der Waals surface area contributed by atoms with E-state index >= 15 is 0 Å². The molecule has 1 saturated heterocycles. The number of nitrogens with two attached hydrogens (primary N) is 1. The van der Waals surface area contributed by atoms with Gasteiger partial charge in [0.05, 0.1) is 35.9 Å². The number of anilines is 1. The Morgan fingerprint density at radius 3 is 2.71 bits per heavy atom. The van der Waals surface area contributed by atoms with Crippen molar-refractivity contribution in [1.29, 1.82) is 0 Å². The summed E-state index contributed by atoms with van der Waals surface area (Å²) in [6, 6.07) is 2.05. The molecule has 3 N–H and O–H groups in total. The van der Waals surface area contributed by atoms with Gasteiger partial charge in [0.25, 0.3) is 5.91 Å². The third-order valence-electron chi connectivity index (χ3n) is 3.21. The van der Waals surface area contributed by atoms with Crippen molar-refractivity contribution < 1.29 is 23.1 Å². The lowest BCUT2D eigenvalue weighted by Gasteiger charge is -2.34. The van der Waals surface area contributed by atoms with Gasteiger partial charge in [-0.2, -0.15) is 0 Å². The molecule has 0 bridgehead atoms. The Bertz CT molecular complexity index is 656. The van der Waals surface area contributed by atoms with Crippen LogP contribution in [-0.4, -0.2) is 59.4 Å². The minimum absolute atomic E-state index is 0.0365. The quantitative estimate of drug-likeness (QED) is 0.760. The van der Waals surface area contributed by atoms with E-state index in [-0.39, 0.29) is 23.7 Å². The van der Waals surface area contributed by atoms with Crippen LogP contribution in [0.15, 0.2) is 18.3 Å². The highest BCUT2D eigenvalue weighted by Crippen LogP contribution is 2.18. The Balaban J connectivity index is 2.24. The van der Waals surface area contributed by atoms with Gasteiger partial charge < -0.3 is 15.7 Å². The molecule has 1 amide bonds. The molecule has 1 fully saturated rings. The second kappa shape index (κ2) is 5.68. The highest BCUT2D eigenvalue weighted by atomic mass is 32.2. The average molecular weight is 313 g/mol. The molecule has 0 spiro atoms. The fourth-order valence-electron chi connectivity index (χ4n) is 2.20. The van der Waals surface area contributed by atoms with Crippen LogP contribution in [0, 0.1) is 0 Å². The molecule has 2 rings (SSSR count). The summed E-state index contributed by atoms with van der Waals surface area (Å²) in [5.41, 5.74) is 6.00. The zero-order chi connectivity index (χ0) is 15.6. The number of amides is 1. The molecule has 1 aromatic heterocycles. The first kappa shape index (κ1) is 15.2. The molecule has 0 aliphatic carbocycles. The average Bonchev–Trinajstić information content (AvgIpc) is 2.37. The van der Waals surface area contributed by atoms with E-state index in [2.05, 4.69) is 4.98 Å². The van der Waals surface area contributed by atoms with Crippen LogP contribution in [-0.2, 0) is 14.6 Å². The van der Waals surface area contributed by atoms with E-state index in [0.717, 1.165) is 0 Å². The van der Waals surface area contributed by atoms with E-state index in [0.29, 0.717) is 5.69 Å². The molecule has 0 radical (unpaired) electrons. The monoisotopic (exact) mass is 313 g/mol. The number of rotatable bonds is 3. The standard InChI is InChI=1S/C12H15N3O5S/c13-8-1-2-10(14-6-8)12(18)15-3-4-21(19,20)7-9(15)5-11(16)17/h1-2,6,9H,3-5,7,13H2,(H,16,17). The molecule has 21 heavy (non-hydrogen) atoms. The molecule has 9 heteroatoms. The van der Waals surface area contributed by atoms with Crippen molar-refractivity contribution in [3.05, 3.63) is 24.0 Å². The first-order valence-corrected chi connectivity index (χ1v) is 8.05. The fraction of sp³-hybridized carbons (Fsp3) is 0.417. The van der Waals surface area contributed by atoms with Gasteiger partial charge in [0.2, 0.25) is 0 Å². The summed E-state index contributed by atoms with van der Waals surface area (Å²) >= 11 is 0. The van der Waals surface area contributed by atoms with Gasteiger partial charge >= 0.3 is 5.97 Å². The number of carbonyl (C=O) groups excluding carboxylic acids is 1. The topological polar surface area (TPSA) is 131 Å². The van der Waals surface area contributed by atoms with Crippen molar-refractivity contribution in [3.8, 4) is 0 Å². The third-order valence-corrected chi connectivity index (χ3v) is 4.90. The lowest BCUT2D eigenvalue weighted by Crippen LogP contribution is -2.52. The molecule has 1 unspecified atom stereocenters. The smallest absolute Gasteiger partial charge is 0.305 e. The number of hydrogen-bond donors (Lipinski definition) is 2. The Kier molecular flexibility index (Phi) is 4.12. The molecule has 0 saturated carbocycles. The fourth-order valence-corrected chi connectivity index (χ4v) is 3.73. The first-order chi connectivity index (χ1) is 9.78.